The summed E-state index contributed by atoms with van der Waals surface area (Å²) in [5, 5.41) is 4.16. The Morgan fingerprint density at radius 2 is 1.88 bits per heavy atom. The first kappa shape index (κ1) is 17.0. The lowest BCUT2D eigenvalue weighted by molar-refractivity contribution is 0.0491. The Bertz CT molecular complexity index is 944. The number of benzene rings is 2. The third kappa shape index (κ3) is 3.51. The summed E-state index contributed by atoms with van der Waals surface area (Å²) in [6, 6.07) is 11.8. The number of amides is 1. The van der Waals surface area contributed by atoms with Crippen LogP contribution in [0.1, 0.15) is 33.4 Å². The van der Waals surface area contributed by atoms with Crippen molar-refractivity contribution in [2.24, 2.45) is 0 Å². The first-order valence-corrected chi connectivity index (χ1v) is 8.14. The van der Waals surface area contributed by atoms with Crippen LogP contribution in [0, 0.1) is 6.92 Å². The minimum atomic E-state index is -0.497. The summed E-state index contributed by atoms with van der Waals surface area (Å²) in [5.41, 5.74) is 2.28. The predicted octanol–water partition coefficient (Wildman–Crippen LogP) is 4.82. The third-order valence-electron chi connectivity index (χ3n) is 3.76. The van der Waals surface area contributed by atoms with E-state index in [2.05, 4.69) is 5.32 Å². The Morgan fingerprint density at radius 1 is 1.16 bits per heavy atom. The molecule has 3 rings (SSSR count). The number of aryl methyl sites for hydroxylation is 1. The summed E-state index contributed by atoms with van der Waals surface area (Å²) in [7, 11) is 0. The molecule has 1 aromatic heterocycles. The van der Waals surface area contributed by atoms with Gasteiger partial charge in [0.25, 0.3) is 5.91 Å². The second-order valence-corrected chi connectivity index (χ2v) is 5.89. The second-order valence-electron chi connectivity index (χ2n) is 5.45. The molecule has 3 aromatic rings. The molecular weight excluding hydrogens is 342 g/mol. The van der Waals surface area contributed by atoms with Crippen LogP contribution < -0.4 is 5.32 Å². The van der Waals surface area contributed by atoms with Crippen molar-refractivity contribution in [3.8, 4) is 0 Å². The highest BCUT2D eigenvalue weighted by atomic mass is 35.5. The number of rotatable bonds is 4. The highest BCUT2D eigenvalue weighted by Crippen LogP contribution is 2.28. The molecule has 0 radical (unpaired) electrons. The Kier molecular flexibility index (Phi) is 4.76. The molecule has 0 spiro atoms. The average Bonchev–Trinajstić information content (AvgIpc) is 2.92. The molecule has 1 amide bonds. The van der Waals surface area contributed by atoms with E-state index in [1.54, 1.807) is 56.3 Å². The first-order valence-electron chi connectivity index (χ1n) is 7.76. The van der Waals surface area contributed by atoms with Crippen LogP contribution in [0.25, 0.3) is 11.0 Å². The van der Waals surface area contributed by atoms with Crippen LogP contribution in [0.3, 0.4) is 0 Å². The highest BCUT2D eigenvalue weighted by molar-refractivity contribution is 6.30. The number of esters is 1. The van der Waals surface area contributed by atoms with Crippen LogP contribution in [-0.4, -0.2) is 18.5 Å². The van der Waals surface area contributed by atoms with Gasteiger partial charge in [-0.05, 0) is 50.2 Å². The molecule has 0 saturated carbocycles. The number of halogens is 1. The van der Waals surface area contributed by atoms with Gasteiger partial charge < -0.3 is 14.5 Å². The summed E-state index contributed by atoms with van der Waals surface area (Å²) in [6.45, 7) is 3.81. The van der Waals surface area contributed by atoms with Gasteiger partial charge in [0.1, 0.15) is 5.58 Å². The van der Waals surface area contributed by atoms with E-state index in [4.69, 9.17) is 20.8 Å². The van der Waals surface area contributed by atoms with E-state index in [1.807, 2.05) is 0 Å². The fraction of sp³-hybridized carbons (Fsp3) is 0.158. The summed E-state index contributed by atoms with van der Waals surface area (Å²) < 4.78 is 10.6. The summed E-state index contributed by atoms with van der Waals surface area (Å²) in [4.78, 5) is 24.2. The van der Waals surface area contributed by atoms with Gasteiger partial charge in [-0.25, -0.2) is 4.79 Å². The van der Waals surface area contributed by atoms with Gasteiger partial charge in [-0.15, -0.1) is 0 Å². The van der Waals surface area contributed by atoms with E-state index in [0.29, 0.717) is 27.4 Å². The maximum absolute atomic E-state index is 12.3. The van der Waals surface area contributed by atoms with Crippen LogP contribution in [0.4, 0.5) is 5.69 Å². The van der Waals surface area contributed by atoms with Gasteiger partial charge in [-0.2, -0.15) is 0 Å². The lowest BCUT2D eigenvalue weighted by atomic mass is 10.1. The Labute approximate surface area is 149 Å². The molecule has 128 valence electrons. The lowest BCUT2D eigenvalue weighted by Gasteiger charge is -2.05. The van der Waals surface area contributed by atoms with Gasteiger partial charge in [0.15, 0.2) is 0 Å². The topological polar surface area (TPSA) is 68.5 Å². The Hall–Kier alpha value is -2.79. The maximum atomic E-state index is 12.3. The number of fused-ring (bicyclic) bond motifs is 1. The van der Waals surface area contributed by atoms with Crippen molar-refractivity contribution in [2.45, 2.75) is 13.8 Å². The van der Waals surface area contributed by atoms with E-state index < -0.39 is 5.97 Å². The summed E-state index contributed by atoms with van der Waals surface area (Å²) >= 11 is 5.83. The number of carbonyl (C=O) groups excluding carboxylic acids is 2. The molecule has 0 fully saturated rings. The monoisotopic (exact) mass is 357 g/mol. The fourth-order valence-electron chi connectivity index (χ4n) is 2.50. The smallest absolute Gasteiger partial charge is 0.374 e. The standard InChI is InChI=1S/C19H16ClNO4/c1-3-24-19(23)17-11(2)15-9-8-14(10-16(15)25-17)21-18(22)12-4-6-13(20)7-5-12/h4-10H,3H2,1-2H3,(H,21,22). The zero-order chi connectivity index (χ0) is 18.0. The summed E-state index contributed by atoms with van der Waals surface area (Å²) in [5.74, 6) is -0.578. The van der Waals surface area contributed by atoms with Crippen molar-refractivity contribution in [3.63, 3.8) is 0 Å². The number of hydrogen-bond acceptors (Lipinski definition) is 4. The Morgan fingerprint density at radius 3 is 2.56 bits per heavy atom. The number of furan rings is 1. The number of hydrogen-bond donors (Lipinski definition) is 1. The largest absolute Gasteiger partial charge is 0.460 e. The van der Waals surface area contributed by atoms with Crippen molar-refractivity contribution < 1.29 is 18.7 Å². The zero-order valence-corrected chi connectivity index (χ0v) is 14.5. The second kappa shape index (κ2) is 6.99. The molecule has 0 atom stereocenters. The van der Waals surface area contributed by atoms with Gasteiger partial charge in [0, 0.05) is 33.3 Å². The fourth-order valence-corrected chi connectivity index (χ4v) is 2.63. The van der Waals surface area contributed by atoms with Gasteiger partial charge in [0.05, 0.1) is 6.61 Å². The molecule has 0 saturated heterocycles. The van der Waals surface area contributed by atoms with Crippen molar-refractivity contribution in [1.29, 1.82) is 0 Å². The van der Waals surface area contributed by atoms with E-state index in [9.17, 15) is 9.59 Å². The predicted molar refractivity (Wildman–Crippen MR) is 96.3 cm³/mol. The molecular formula is C19H16ClNO4. The van der Waals surface area contributed by atoms with Crippen molar-refractivity contribution in [1.82, 2.24) is 0 Å². The van der Waals surface area contributed by atoms with E-state index in [-0.39, 0.29) is 18.3 Å². The molecule has 1 N–H and O–H groups in total. The number of carbonyl (C=O) groups is 2. The average molecular weight is 358 g/mol. The van der Waals surface area contributed by atoms with Gasteiger partial charge in [-0.3, -0.25) is 4.79 Å². The molecule has 0 bridgehead atoms. The van der Waals surface area contributed by atoms with Crippen molar-refractivity contribution in [3.05, 3.63) is 64.4 Å². The minimum Gasteiger partial charge on any atom is -0.460 e. The van der Waals surface area contributed by atoms with Gasteiger partial charge >= 0.3 is 5.97 Å². The van der Waals surface area contributed by atoms with Crippen LogP contribution in [0.5, 0.6) is 0 Å². The van der Waals surface area contributed by atoms with Crippen LogP contribution in [0.2, 0.25) is 5.02 Å². The lowest BCUT2D eigenvalue weighted by Crippen LogP contribution is -2.11. The van der Waals surface area contributed by atoms with E-state index in [0.717, 1.165) is 5.39 Å². The first-order chi connectivity index (χ1) is 12.0. The van der Waals surface area contributed by atoms with Gasteiger partial charge in [0.2, 0.25) is 5.76 Å². The van der Waals surface area contributed by atoms with Crippen molar-refractivity contribution in [2.75, 3.05) is 11.9 Å². The van der Waals surface area contributed by atoms with Gasteiger partial charge in [-0.1, -0.05) is 11.6 Å². The number of ether oxygens (including phenoxy) is 1. The number of anilines is 1. The molecule has 0 aliphatic rings. The number of nitrogens with one attached hydrogen (secondary N) is 1. The molecule has 0 aliphatic heterocycles. The summed E-state index contributed by atoms with van der Waals surface area (Å²) in [6.07, 6.45) is 0. The van der Waals surface area contributed by atoms with E-state index >= 15 is 0 Å². The van der Waals surface area contributed by atoms with Crippen LogP contribution >= 0.6 is 11.6 Å². The molecule has 0 unspecified atom stereocenters. The molecule has 5 nitrogen and oxygen atoms in total. The van der Waals surface area contributed by atoms with Crippen LogP contribution in [-0.2, 0) is 4.74 Å². The third-order valence-corrected chi connectivity index (χ3v) is 4.02. The maximum Gasteiger partial charge on any atom is 0.374 e. The highest BCUT2D eigenvalue weighted by Gasteiger charge is 2.19. The minimum absolute atomic E-state index is 0.179. The normalized spacial score (nSPS) is 10.7. The quantitative estimate of drug-likeness (QED) is 0.679. The SMILES string of the molecule is CCOC(=O)c1oc2cc(NC(=O)c3ccc(Cl)cc3)ccc2c1C. The molecule has 0 aliphatic carbocycles. The Balaban J connectivity index is 1.87. The molecule has 25 heavy (non-hydrogen) atoms. The molecule has 1 heterocycles. The van der Waals surface area contributed by atoms with E-state index in [1.165, 1.54) is 0 Å². The van der Waals surface area contributed by atoms with Crippen molar-refractivity contribution >= 4 is 40.1 Å². The zero-order valence-electron chi connectivity index (χ0n) is 13.8. The molecule has 2 aromatic carbocycles. The molecule has 6 heteroatoms. The van der Waals surface area contributed by atoms with Crippen LogP contribution in [0.15, 0.2) is 46.9 Å².